The highest BCUT2D eigenvalue weighted by molar-refractivity contribution is 6.09. The monoisotopic (exact) mass is 455 g/mol. The summed E-state index contributed by atoms with van der Waals surface area (Å²) in [5, 5.41) is 11.6. The summed E-state index contributed by atoms with van der Waals surface area (Å²) in [7, 11) is 0. The Morgan fingerprint density at radius 3 is 2.28 bits per heavy atom. The average molecular weight is 456 g/mol. The van der Waals surface area contributed by atoms with Crippen molar-refractivity contribution in [2.45, 2.75) is 13.0 Å². The molecule has 0 saturated heterocycles. The van der Waals surface area contributed by atoms with Gasteiger partial charge >= 0.3 is 5.97 Å². The molecule has 0 unspecified atom stereocenters. The van der Waals surface area contributed by atoms with E-state index < -0.39 is 17.7 Å². The first kappa shape index (κ1) is 24.7. The number of carboxylic acids is 1. The number of amides is 1. The van der Waals surface area contributed by atoms with Crippen molar-refractivity contribution in [3.63, 3.8) is 0 Å². The van der Waals surface area contributed by atoms with Crippen molar-refractivity contribution < 1.29 is 19.1 Å². The maximum Gasteiger partial charge on any atom is 0.304 e. The van der Waals surface area contributed by atoms with Crippen molar-refractivity contribution in [3.05, 3.63) is 95.3 Å². The van der Waals surface area contributed by atoms with E-state index in [9.17, 15) is 14.0 Å². The predicted octanol–water partition coefficient (Wildman–Crippen LogP) is 4.02. The molecular weight excluding hydrogens is 433 g/mol. The third-order valence-corrected chi connectivity index (χ3v) is 4.62. The number of hydrogen-bond donors (Lipinski definition) is 3. The first-order chi connectivity index (χ1) is 14.9. The molecule has 0 saturated carbocycles. The van der Waals surface area contributed by atoms with E-state index in [1.165, 1.54) is 12.1 Å². The number of carbonyl (C=O) groups excluding carboxylic acids is 1. The van der Waals surface area contributed by atoms with Gasteiger partial charge in [0.25, 0.3) is 5.91 Å². The van der Waals surface area contributed by atoms with E-state index in [1.807, 2.05) is 30.3 Å². The van der Waals surface area contributed by atoms with E-state index in [-0.39, 0.29) is 30.2 Å². The standard InChI is InChI=1S/C24H22FN3O3.ClH/c25-21-14-19(17-4-2-1-3-5-17)10-11-20(21)24(31)28-23(26)18-8-6-16(7-9-18)15-27-13-12-22(29)30;/h1-11,14,27H,12-13,15H2,(H,29,30)(H2,26,28,31);1H. The number of aliphatic carboxylic acids is 1. The summed E-state index contributed by atoms with van der Waals surface area (Å²) in [6, 6.07) is 20.7. The van der Waals surface area contributed by atoms with Crippen LogP contribution >= 0.6 is 12.4 Å². The Balaban J connectivity index is 0.00000363. The molecule has 0 aromatic heterocycles. The number of hydrogen-bond acceptors (Lipinski definition) is 3. The SMILES string of the molecule is Cl.NC(=NC(=O)c1ccc(-c2ccccc2)cc1F)c1ccc(CNCCC(=O)O)cc1. The van der Waals surface area contributed by atoms with Crippen molar-refractivity contribution in [1.82, 2.24) is 5.32 Å². The third-order valence-electron chi connectivity index (χ3n) is 4.62. The van der Waals surface area contributed by atoms with Gasteiger partial charge in [-0.15, -0.1) is 12.4 Å². The number of carbonyl (C=O) groups is 2. The molecular formula is C24H23ClFN3O3. The summed E-state index contributed by atoms with van der Waals surface area (Å²) in [4.78, 5) is 26.8. The van der Waals surface area contributed by atoms with E-state index in [0.29, 0.717) is 24.2 Å². The minimum absolute atomic E-state index is 0. The van der Waals surface area contributed by atoms with Gasteiger partial charge in [0.15, 0.2) is 0 Å². The highest BCUT2D eigenvalue weighted by Crippen LogP contribution is 2.22. The molecule has 0 atom stereocenters. The molecule has 4 N–H and O–H groups in total. The van der Waals surface area contributed by atoms with Crippen molar-refractivity contribution in [1.29, 1.82) is 0 Å². The number of amidine groups is 1. The number of nitrogens with two attached hydrogens (primary N) is 1. The second-order valence-corrected chi connectivity index (χ2v) is 6.88. The summed E-state index contributed by atoms with van der Waals surface area (Å²) in [6.45, 7) is 0.867. The van der Waals surface area contributed by atoms with Crippen molar-refractivity contribution in [2.24, 2.45) is 10.7 Å². The minimum Gasteiger partial charge on any atom is -0.481 e. The van der Waals surface area contributed by atoms with Gasteiger partial charge in [0, 0.05) is 18.7 Å². The maximum atomic E-state index is 14.5. The van der Waals surface area contributed by atoms with E-state index in [0.717, 1.165) is 11.1 Å². The minimum atomic E-state index is -0.859. The van der Waals surface area contributed by atoms with Gasteiger partial charge in [0.1, 0.15) is 11.7 Å². The van der Waals surface area contributed by atoms with Crippen molar-refractivity contribution >= 4 is 30.1 Å². The number of benzene rings is 3. The molecule has 6 nitrogen and oxygen atoms in total. The molecule has 0 radical (unpaired) electrons. The second-order valence-electron chi connectivity index (χ2n) is 6.88. The molecule has 0 heterocycles. The zero-order chi connectivity index (χ0) is 22.2. The molecule has 3 aromatic carbocycles. The lowest BCUT2D eigenvalue weighted by Gasteiger charge is -2.06. The molecule has 0 aliphatic rings. The van der Waals surface area contributed by atoms with Gasteiger partial charge in [-0.1, -0.05) is 60.7 Å². The lowest BCUT2D eigenvalue weighted by Crippen LogP contribution is -2.18. The van der Waals surface area contributed by atoms with Gasteiger partial charge in [-0.25, -0.2) is 4.39 Å². The highest BCUT2D eigenvalue weighted by Gasteiger charge is 2.13. The lowest BCUT2D eigenvalue weighted by atomic mass is 10.0. The molecule has 0 aliphatic heterocycles. The Morgan fingerprint density at radius 1 is 0.969 bits per heavy atom. The number of halogens is 2. The van der Waals surface area contributed by atoms with Crippen LogP contribution in [-0.2, 0) is 11.3 Å². The number of carboxylic acid groups (broad SMARTS) is 1. The Hall–Kier alpha value is -3.55. The predicted molar refractivity (Wildman–Crippen MR) is 125 cm³/mol. The van der Waals surface area contributed by atoms with Crippen LogP contribution < -0.4 is 11.1 Å². The summed E-state index contributed by atoms with van der Waals surface area (Å²) in [6.07, 6.45) is 0.0443. The van der Waals surface area contributed by atoms with Crippen LogP contribution in [-0.4, -0.2) is 29.4 Å². The highest BCUT2D eigenvalue weighted by atomic mass is 35.5. The van der Waals surface area contributed by atoms with Crippen LogP contribution in [0.5, 0.6) is 0 Å². The van der Waals surface area contributed by atoms with Crippen LogP contribution in [0.25, 0.3) is 11.1 Å². The first-order valence-electron chi connectivity index (χ1n) is 9.69. The Kier molecular flexibility index (Phi) is 9.07. The zero-order valence-electron chi connectivity index (χ0n) is 17.1. The molecule has 0 aliphatic carbocycles. The Bertz CT molecular complexity index is 1100. The molecule has 3 rings (SSSR count). The summed E-state index contributed by atoms with van der Waals surface area (Å²) in [5.41, 5.74) is 8.76. The quantitative estimate of drug-likeness (QED) is 0.270. The van der Waals surface area contributed by atoms with Crippen LogP contribution in [0.2, 0.25) is 0 Å². The molecule has 166 valence electrons. The van der Waals surface area contributed by atoms with Gasteiger partial charge in [0.05, 0.1) is 12.0 Å². The van der Waals surface area contributed by atoms with Gasteiger partial charge in [-0.2, -0.15) is 4.99 Å². The van der Waals surface area contributed by atoms with Crippen molar-refractivity contribution in [3.8, 4) is 11.1 Å². The smallest absolute Gasteiger partial charge is 0.304 e. The molecule has 0 bridgehead atoms. The first-order valence-corrected chi connectivity index (χ1v) is 9.69. The zero-order valence-corrected chi connectivity index (χ0v) is 17.9. The fraction of sp³-hybridized carbons (Fsp3) is 0.125. The van der Waals surface area contributed by atoms with Gasteiger partial charge in [-0.3, -0.25) is 9.59 Å². The van der Waals surface area contributed by atoms with E-state index in [1.54, 1.807) is 30.3 Å². The summed E-state index contributed by atoms with van der Waals surface area (Å²) in [5.74, 6) is -2.29. The number of aliphatic imine (C=N–C) groups is 1. The van der Waals surface area contributed by atoms with Gasteiger partial charge in [0.2, 0.25) is 0 Å². The molecule has 0 spiro atoms. The van der Waals surface area contributed by atoms with Crippen LogP contribution in [0, 0.1) is 5.82 Å². The summed E-state index contributed by atoms with van der Waals surface area (Å²) >= 11 is 0. The van der Waals surface area contributed by atoms with E-state index in [2.05, 4.69) is 10.3 Å². The Morgan fingerprint density at radius 2 is 1.66 bits per heavy atom. The van der Waals surface area contributed by atoms with E-state index >= 15 is 0 Å². The average Bonchev–Trinajstić information content (AvgIpc) is 2.77. The summed E-state index contributed by atoms with van der Waals surface area (Å²) < 4.78 is 14.5. The number of nitrogens with one attached hydrogen (secondary N) is 1. The van der Waals surface area contributed by atoms with Crippen LogP contribution in [0.15, 0.2) is 77.8 Å². The number of nitrogens with zero attached hydrogens (tertiary/aromatic N) is 1. The second kappa shape index (κ2) is 11.7. The van der Waals surface area contributed by atoms with Crippen LogP contribution in [0.1, 0.15) is 27.9 Å². The lowest BCUT2D eigenvalue weighted by molar-refractivity contribution is -0.136. The molecule has 0 fully saturated rings. The molecule has 3 aromatic rings. The molecule has 32 heavy (non-hydrogen) atoms. The fourth-order valence-electron chi connectivity index (χ4n) is 2.95. The molecule has 8 heteroatoms. The largest absolute Gasteiger partial charge is 0.481 e. The van der Waals surface area contributed by atoms with Gasteiger partial charge in [-0.05, 0) is 28.8 Å². The maximum absolute atomic E-state index is 14.5. The topological polar surface area (TPSA) is 105 Å². The van der Waals surface area contributed by atoms with Crippen LogP contribution in [0.3, 0.4) is 0 Å². The third kappa shape index (κ3) is 6.73. The Labute approximate surface area is 191 Å². The fourth-order valence-corrected chi connectivity index (χ4v) is 2.95. The van der Waals surface area contributed by atoms with Crippen molar-refractivity contribution in [2.75, 3.05) is 6.54 Å². The van der Waals surface area contributed by atoms with Crippen LogP contribution in [0.4, 0.5) is 4.39 Å². The van der Waals surface area contributed by atoms with E-state index in [4.69, 9.17) is 10.8 Å². The normalized spacial score (nSPS) is 11.0. The number of rotatable bonds is 8. The van der Waals surface area contributed by atoms with Gasteiger partial charge < -0.3 is 16.2 Å². The molecule has 1 amide bonds.